The molecule has 0 spiro atoms. The molecule has 1 aromatic heterocycles. The van der Waals surface area contributed by atoms with Crippen molar-refractivity contribution >= 4 is 5.97 Å². The van der Waals surface area contributed by atoms with Gasteiger partial charge in [0.2, 0.25) is 5.88 Å². The van der Waals surface area contributed by atoms with Crippen LogP contribution in [0.3, 0.4) is 0 Å². The maximum Gasteiger partial charge on any atom is 0.339 e. The van der Waals surface area contributed by atoms with E-state index in [1.165, 1.54) is 0 Å². The molecular weight excluding hydrogens is 236 g/mol. The average molecular weight is 244 g/mol. The van der Waals surface area contributed by atoms with Crippen LogP contribution in [0.2, 0.25) is 0 Å². The van der Waals surface area contributed by atoms with Gasteiger partial charge in [-0.15, -0.1) is 0 Å². The van der Waals surface area contributed by atoms with Crippen LogP contribution in [0.1, 0.15) is 27.6 Å². The number of ether oxygens (including phenoxy) is 1. The number of rotatable bonds is 1. The molecule has 2 N–H and O–H groups in total. The Morgan fingerprint density at radius 3 is 2.83 bits per heavy atom. The summed E-state index contributed by atoms with van der Waals surface area (Å²) in [5.74, 6) is -0.952. The first kappa shape index (κ1) is 10.5. The summed E-state index contributed by atoms with van der Waals surface area (Å²) in [5, 5.41) is 9.64. The number of aromatic amines is 1. The van der Waals surface area contributed by atoms with Crippen molar-refractivity contribution in [3.8, 4) is 5.88 Å². The predicted molar refractivity (Wildman–Crippen MR) is 60.2 cm³/mol. The van der Waals surface area contributed by atoms with Crippen LogP contribution in [0.4, 0.5) is 0 Å². The van der Waals surface area contributed by atoms with Gasteiger partial charge in [-0.1, -0.05) is 18.2 Å². The van der Waals surface area contributed by atoms with Crippen LogP contribution in [0, 0.1) is 0 Å². The highest BCUT2D eigenvalue weighted by atomic mass is 16.5. The van der Waals surface area contributed by atoms with Gasteiger partial charge in [-0.3, -0.25) is 4.79 Å². The van der Waals surface area contributed by atoms with Gasteiger partial charge in [0.25, 0.3) is 5.56 Å². The fraction of sp³-hybridized carbons (Fsp3) is 0.0833. The molecule has 1 aliphatic rings. The quantitative estimate of drug-likeness (QED) is 0.721. The van der Waals surface area contributed by atoms with Crippen molar-refractivity contribution < 1.29 is 14.6 Å². The van der Waals surface area contributed by atoms with Gasteiger partial charge in [0.05, 0.1) is 11.9 Å². The number of carbonyl (C=O) groups is 1. The Bertz CT molecular complexity index is 692. The lowest BCUT2D eigenvalue weighted by Gasteiger charge is -2.10. The van der Waals surface area contributed by atoms with Crippen molar-refractivity contribution in [1.29, 1.82) is 0 Å². The number of H-pyrrole nitrogens is 1. The topological polar surface area (TPSA) is 92.3 Å². The summed E-state index contributed by atoms with van der Waals surface area (Å²) in [6.07, 6.45) is 0.176. The third kappa shape index (κ3) is 1.39. The van der Waals surface area contributed by atoms with Crippen LogP contribution < -0.4 is 5.56 Å². The highest BCUT2D eigenvalue weighted by Gasteiger charge is 2.35. The van der Waals surface area contributed by atoms with Crippen molar-refractivity contribution in [1.82, 2.24) is 9.97 Å². The normalized spacial score (nSPS) is 17.3. The molecule has 2 heterocycles. The van der Waals surface area contributed by atoms with Crippen molar-refractivity contribution in [3.05, 3.63) is 57.6 Å². The second-order valence-corrected chi connectivity index (χ2v) is 3.84. The Morgan fingerprint density at radius 2 is 2.06 bits per heavy atom. The molecule has 3 rings (SSSR count). The molecule has 0 amide bonds. The molecule has 1 atom stereocenters. The van der Waals surface area contributed by atoms with E-state index >= 15 is 0 Å². The highest BCUT2D eigenvalue weighted by molar-refractivity contribution is 5.94. The molecule has 0 unspecified atom stereocenters. The van der Waals surface area contributed by atoms with Gasteiger partial charge in [0, 0.05) is 5.56 Å². The van der Waals surface area contributed by atoms with E-state index in [-0.39, 0.29) is 5.56 Å². The zero-order valence-electron chi connectivity index (χ0n) is 9.08. The first-order valence-corrected chi connectivity index (χ1v) is 5.25. The molecule has 18 heavy (non-hydrogen) atoms. The highest BCUT2D eigenvalue weighted by Crippen LogP contribution is 2.36. The van der Waals surface area contributed by atoms with Gasteiger partial charge >= 0.3 is 5.97 Å². The van der Waals surface area contributed by atoms with Gasteiger partial charge < -0.3 is 14.8 Å². The van der Waals surface area contributed by atoms with Crippen molar-refractivity contribution in [2.45, 2.75) is 6.10 Å². The number of cyclic esters (lactones) is 1. The van der Waals surface area contributed by atoms with Crippen LogP contribution in [-0.2, 0) is 4.74 Å². The van der Waals surface area contributed by atoms with Crippen molar-refractivity contribution in [3.63, 3.8) is 0 Å². The van der Waals surface area contributed by atoms with Crippen LogP contribution in [0.5, 0.6) is 5.88 Å². The lowest BCUT2D eigenvalue weighted by atomic mass is 10.0. The summed E-state index contributed by atoms with van der Waals surface area (Å²) in [7, 11) is 0. The predicted octanol–water partition coefficient (Wildman–Crippen LogP) is 0.735. The number of esters is 1. The fourth-order valence-electron chi connectivity index (χ4n) is 2.00. The molecular formula is C12H8N2O4. The summed E-state index contributed by atoms with van der Waals surface area (Å²) in [5.41, 5.74) is 0.356. The van der Waals surface area contributed by atoms with E-state index < -0.39 is 23.5 Å². The lowest BCUT2D eigenvalue weighted by molar-refractivity contribution is 0.0450. The third-order valence-electron chi connectivity index (χ3n) is 2.82. The first-order chi connectivity index (χ1) is 8.68. The number of aromatic nitrogens is 2. The summed E-state index contributed by atoms with van der Waals surface area (Å²) in [6.45, 7) is 0. The van der Waals surface area contributed by atoms with Crippen LogP contribution in [0.15, 0.2) is 35.4 Å². The van der Waals surface area contributed by atoms with E-state index in [0.717, 1.165) is 6.33 Å². The molecule has 6 nitrogen and oxygen atoms in total. The molecule has 6 heteroatoms. The van der Waals surface area contributed by atoms with Gasteiger partial charge in [-0.25, -0.2) is 9.78 Å². The Kier molecular flexibility index (Phi) is 2.16. The maximum atomic E-state index is 11.7. The fourth-order valence-corrected chi connectivity index (χ4v) is 2.00. The zero-order valence-corrected chi connectivity index (χ0v) is 9.08. The number of benzene rings is 1. The second-order valence-electron chi connectivity index (χ2n) is 3.84. The maximum absolute atomic E-state index is 11.7. The minimum atomic E-state index is -0.911. The van der Waals surface area contributed by atoms with Crippen molar-refractivity contribution in [2.75, 3.05) is 0 Å². The average Bonchev–Trinajstić information content (AvgIpc) is 2.68. The molecule has 0 saturated carbocycles. The number of carbonyl (C=O) groups excluding carboxylic acids is 1. The molecule has 90 valence electrons. The van der Waals surface area contributed by atoms with E-state index in [0.29, 0.717) is 11.1 Å². The third-order valence-corrected chi connectivity index (χ3v) is 2.82. The number of hydrogen-bond acceptors (Lipinski definition) is 5. The summed E-state index contributed by atoms with van der Waals surface area (Å²) in [4.78, 5) is 29.3. The number of fused-ring (bicyclic) bond motifs is 1. The molecule has 0 saturated heterocycles. The van der Waals surface area contributed by atoms with E-state index in [1.54, 1.807) is 24.3 Å². The van der Waals surface area contributed by atoms with E-state index in [4.69, 9.17) is 4.74 Å². The number of nitrogens with one attached hydrogen (secondary N) is 1. The standard InChI is InChI=1S/C12H8N2O4/c15-10-8(11(16)14-5-13-10)9-6-3-1-2-4-7(6)12(17)18-9/h1-5,9H,(H2,13,14,15,16)/t9-/m0/s1. The Balaban J connectivity index is 2.22. The molecule has 1 aliphatic heterocycles. The van der Waals surface area contributed by atoms with Gasteiger partial charge in [0.1, 0.15) is 5.56 Å². The Hall–Kier alpha value is -2.63. The Labute approximate surface area is 101 Å². The second kappa shape index (κ2) is 3.69. The van der Waals surface area contributed by atoms with Gasteiger partial charge in [-0.2, -0.15) is 0 Å². The molecule has 2 aromatic rings. The van der Waals surface area contributed by atoms with Crippen LogP contribution >= 0.6 is 0 Å². The number of aromatic hydroxyl groups is 1. The minimum absolute atomic E-state index is 0.0594. The first-order valence-electron chi connectivity index (χ1n) is 5.25. The summed E-state index contributed by atoms with van der Waals surface area (Å²) < 4.78 is 5.12. The van der Waals surface area contributed by atoms with Crippen LogP contribution in [0.25, 0.3) is 0 Å². The molecule has 0 fully saturated rings. The van der Waals surface area contributed by atoms with Crippen molar-refractivity contribution in [2.24, 2.45) is 0 Å². The summed E-state index contributed by atoms with van der Waals surface area (Å²) >= 11 is 0. The van der Waals surface area contributed by atoms with Gasteiger partial charge in [0.15, 0.2) is 6.10 Å². The lowest BCUT2D eigenvalue weighted by Crippen LogP contribution is -2.17. The van der Waals surface area contributed by atoms with Gasteiger partial charge in [-0.05, 0) is 6.07 Å². The van der Waals surface area contributed by atoms with E-state index in [9.17, 15) is 14.7 Å². The number of hydrogen-bond donors (Lipinski definition) is 2. The monoisotopic (exact) mass is 244 g/mol. The number of nitrogens with zero attached hydrogens (tertiary/aromatic N) is 1. The zero-order chi connectivity index (χ0) is 12.7. The van der Waals surface area contributed by atoms with Crippen LogP contribution in [-0.4, -0.2) is 21.0 Å². The molecule has 0 radical (unpaired) electrons. The molecule has 1 aromatic carbocycles. The smallest absolute Gasteiger partial charge is 0.339 e. The van der Waals surface area contributed by atoms with E-state index in [2.05, 4.69) is 9.97 Å². The Morgan fingerprint density at radius 1 is 1.28 bits per heavy atom. The molecule has 0 bridgehead atoms. The largest absolute Gasteiger partial charge is 0.493 e. The SMILES string of the molecule is O=C1O[C@H](c2c(O)nc[nH]c2=O)c2ccccc21. The minimum Gasteiger partial charge on any atom is -0.493 e. The molecule has 0 aliphatic carbocycles. The van der Waals surface area contributed by atoms with E-state index in [1.807, 2.05) is 0 Å². The summed E-state index contributed by atoms with van der Waals surface area (Å²) in [6, 6.07) is 6.72.